The molecule has 1 amide bonds. The van der Waals surface area contributed by atoms with Gasteiger partial charge in [-0.15, -0.1) is 0 Å². The molecule has 0 spiro atoms. The predicted molar refractivity (Wildman–Crippen MR) is 151 cm³/mol. The van der Waals surface area contributed by atoms with Gasteiger partial charge >= 0.3 is 5.97 Å². The van der Waals surface area contributed by atoms with Gasteiger partial charge in [0.2, 0.25) is 10.0 Å². The van der Waals surface area contributed by atoms with Crippen LogP contribution in [0.25, 0.3) is 10.2 Å². The van der Waals surface area contributed by atoms with Gasteiger partial charge < -0.3 is 9.30 Å². The van der Waals surface area contributed by atoms with E-state index in [2.05, 4.69) is 4.99 Å². The van der Waals surface area contributed by atoms with Crippen LogP contribution in [-0.4, -0.2) is 48.9 Å². The molecule has 38 heavy (non-hydrogen) atoms. The van der Waals surface area contributed by atoms with Crippen LogP contribution in [0.15, 0.2) is 46.3 Å². The molecule has 1 aromatic heterocycles. The third-order valence-electron chi connectivity index (χ3n) is 5.78. The van der Waals surface area contributed by atoms with Crippen molar-refractivity contribution in [2.24, 2.45) is 16.8 Å². The Bertz CT molecular complexity index is 1470. The Hall–Kier alpha value is -2.82. The van der Waals surface area contributed by atoms with Crippen LogP contribution in [0.1, 0.15) is 56.1 Å². The Morgan fingerprint density at radius 1 is 1.03 bits per heavy atom. The number of benzene rings is 2. The van der Waals surface area contributed by atoms with Crippen molar-refractivity contribution in [1.82, 2.24) is 8.87 Å². The average molecular weight is 560 g/mol. The Morgan fingerprint density at radius 2 is 1.63 bits per heavy atom. The molecule has 0 radical (unpaired) electrons. The number of fused-ring (bicyclic) bond motifs is 1. The lowest BCUT2D eigenvalue weighted by atomic mass is 10.1. The van der Waals surface area contributed by atoms with Gasteiger partial charge in [-0.05, 0) is 74.1 Å². The van der Waals surface area contributed by atoms with E-state index in [1.54, 1.807) is 11.5 Å². The van der Waals surface area contributed by atoms with Crippen LogP contribution in [0.5, 0.6) is 0 Å². The summed E-state index contributed by atoms with van der Waals surface area (Å²) >= 11 is 1.32. The first-order valence-electron chi connectivity index (χ1n) is 12.8. The minimum Gasteiger partial charge on any atom is -0.465 e. The first-order chi connectivity index (χ1) is 17.8. The maximum atomic E-state index is 13.3. The molecule has 206 valence electrons. The lowest BCUT2D eigenvalue weighted by Gasteiger charge is -2.25. The van der Waals surface area contributed by atoms with Crippen molar-refractivity contribution in [1.29, 1.82) is 0 Å². The molecule has 0 unspecified atom stereocenters. The molecule has 0 atom stereocenters. The quantitative estimate of drug-likeness (QED) is 0.328. The summed E-state index contributed by atoms with van der Waals surface area (Å²) in [4.78, 5) is 30.3. The fourth-order valence-corrected chi connectivity index (χ4v) is 7.29. The van der Waals surface area contributed by atoms with Crippen LogP contribution in [0.3, 0.4) is 0 Å². The number of amides is 1. The van der Waals surface area contributed by atoms with Crippen molar-refractivity contribution in [2.75, 3.05) is 19.7 Å². The van der Waals surface area contributed by atoms with Crippen molar-refractivity contribution < 1.29 is 22.7 Å². The largest absolute Gasteiger partial charge is 0.465 e. The summed E-state index contributed by atoms with van der Waals surface area (Å²) in [5.41, 5.74) is 3.13. The number of ether oxygens (including phenoxy) is 1. The van der Waals surface area contributed by atoms with E-state index in [1.807, 2.05) is 53.7 Å². The van der Waals surface area contributed by atoms with Gasteiger partial charge in [0.15, 0.2) is 4.80 Å². The van der Waals surface area contributed by atoms with Gasteiger partial charge in [-0.1, -0.05) is 45.1 Å². The van der Waals surface area contributed by atoms with Gasteiger partial charge in [-0.25, -0.2) is 8.42 Å². The van der Waals surface area contributed by atoms with E-state index in [4.69, 9.17) is 4.74 Å². The molecule has 1 heterocycles. The zero-order chi connectivity index (χ0) is 28.2. The van der Waals surface area contributed by atoms with E-state index in [0.29, 0.717) is 17.9 Å². The van der Waals surface area contributed by atoms with Gasteiger partial charge in [-0.3, -0.25) is 9.59 Å². The average Bonchev–Trinajstić information content (AvgIpc) is 3.14. The third-order valence-corrected chi connectivity index (χ3v) is 8.65. The van der Waals surface area contributed by atoms with Crippen LogP contribution in [0, 0.1) is 25.7 Å². The molecule has 8 nitrogen and oxygen atoms in total. The van der Waals surface area contributed by atoms with Crippen molar-refractivity contribution in [3.8, 4) is 0 Å². The zero-order valence-electron chi connectivity index (χ0n) is 23.1. The van der Waals surface area contributed by atoms with Crippen molar-refractivity contribution >= 4 is 43.5 Å². The Labute approximate surface area is 229 Å². The molecule has 0 aliphatic heterocycles. The molecule has 0 N–H and O–H groups in total. The van der Waals surface area contributed by atoms with Gasteiger partial charge in [0, 0.05) is 18.7 Å². The number of rotatable bonds is 10. The lowest BCUT2D eigenvalue weighted by Crippen LogP contribution is -2.37. The highest BCUT2D eigenvalue weighted by Gasteiger charge is 2.26. The second kappa shape index (κ2) is 12.4. The van der Waals surface area contributed by atoms with Crippen LogP contribution in [-0.2, 0) is 26.1 Å². The molecule has 3 aromatic rings. The zero-order valence-corrected chi connectivity index (χ0v) is 24.8. The molecule has 2 aromatic carbocycles. The van der Waals surface area contributed by atoms with Gasteiger partial charge in [0.25, 0.3) is 5.91 Å². The van der Waals surface area contributed by atoms with E-state index >= 15 is 0 Å². The van der Waals surface area contributed by atoms with Crippen LogP contribution >= 0.6 is 11.3 Å². The van der Waals surface area contributed by atoms with Gasteiger partial charge in [-0.2, -0.15) is 9.30 Å². The van der Waals surface area contributed by atoms with E-state index in [-0.39, 0.29) is 35.4 Å². The van der Waals surface area contributed by atoms with Crippen LogP contribution < -0.4 is 4.80 Å². The second-order valence-corrected chi connectivity index (χ2v) is 13.2. The highest BCUT2D eigenvalue weighted by Crippen LogP contribution is 2.24. The number of aromatic nitrogens is 1. The van der Waals surface area contributed by atoms with E-state index in [0.717, 1.165) is 21.3 Å². The number of esters is 1. The first-order valence-corrected chi connectivity index (χ1v) is 15.0. The van der Waals surface area contributed by atoms with E-state index < -0.39 is 21.9 Å². The van der Waals surface area contributed by atoms with Crippen molar-refractivity contribution in [3.63, 3.8) is 0 Å². The Kier molecular flexibility index (Phi) is 9.67. The topological polar surface area (TPSA) is 98.0 Å². The minimum absolute atomic E-state index is 0.0669. The standard InChI is InChI=1S/C28H37N3O5S2/c1-8-36-25(32)17-31-26-21(7)13-20(6)14-24(26)37-28(31)29-27(33)22-9-11-23(12-10-22)38(34,35)30(15-18(2)3)16-19(4)5/h9-14,18-19H,8,15-17H2,1-7H3. The number of nitrogens with zero attached hydrogens (tertiary/aromatic N) is 3. The third kappa shape index (κ3) is 6.98. The molecule has 0 bridgehead atoms. The highest BCUT2D eigenvalue weighted by atomic mass is 32.2. The monoisotopic (exact) mass is 559 g/mol. The number of sulfonamides is 1. The normalized spacial score (nSPS) is 12.7. The summed E-state index contributed by atoms with van der Waals surface area (Å²) in [6, 6.07) is 9.90. The maximum absolute atomic E-state index is 13.3. The molecular weight excluding hydrogens is 522 g/mol. The molecule has 0 fully saturated rings. The summed E-state index contributed by atoms with van der Waals surface area (Å²) in [5, 5.41) is 0. The first kappa shape index (κ1) is 29.7. The number of aryl methyl sites for hydroxylation is 2. The number of carbonyl (C=O) groups excluding carboxylic acids is 2. The number of carbonyl (C=O) groups is 2. The number of thiazole rings is 1. The Morgan fingerprint density at radius 3 is 2.18 bits per heavy atom. The predicted octanol–water partition coefficient (Wildman–Crippen LogP) is 4.93. The van der Waals surface area contributed by atoms with Gasteiger partial charge in [0.05, 0.1) is 21.7 Å². The van der Waals surface area contributed by atoms with E-state index in [1.165, 1.54) is 39.9 Å². The summed E-state index contributed by atoms with van der Waals surface area (Å²) in [6.07, 6.45) is 0. The van der Waals surface area contributed by atoms with Crippen LogP contribution in [0.2, 0.25) is 0 Å². The molecule has 0 aliphatic carbocycles. The fourth-order valence-electron chi connectivity index (χ4n) is 4.31. The van der Waals surface area contributed by atoms with Crippen molar-refractivity contribution in [3.05, 3.63) is 57.9 Å². The van der Waals surface area contributed by atoms with Gasteiger partial charge in [0.1, 0.15) is 6.54 Å². The lowest BCUT2D eigenvalue weighted by molar-refractivity contribution is -0.143. The highest BCUT2D eigenvalue weighted by molar-refractivity contribution is 7.89. The smallest absolute Gasteiger partial charge is 0.326 e. The molecule has 3 rings (SSSR count). The summed E-state index contributed by atoms with van der Waals surface area (Å²) in [5.74, 6) is -0.576. The molecular formula is C28H37N3O5S2. The number of hydrogen-bond donors (Lipinski definition) is 0. The fraction of sp³-hybridized carbons (Fsp3) is 0.464. The number of hydrogen-bond acceptors (Lipinski definition) is 6. The van der Waals surface area contributed by atoms with Crippen LogP contribution in [0.4, 0.5) is 0 Å². The molecule has 10 heteroatoms. The summed E-state index contributed by atoms with van der Waals surface area (Å²) in [6.45, 7) is 14.6. The summed E-state index contributed by atoms with van der Waals surface area (Å²) < 4.78 is 35.9. The summed E-state index contributed by atoms with van der Waals surface area (Å²) in [7, 11) is -3.71. The van der Waals surface area contributed by atoms with Crippen molar-refractivity contribution in [2.45, 2.75) is 59.9 Å². The molecule has 0 saturated heterocycles. The second-order valence-electron chi connectivity index (χ2n) is 10.3. The SMILES string of the molecule is CCOC(=O)Cn1c(=NC(=O)c2ccc(S(=O)(=O)N(CC(C)C)CC(C)C)cc2)sc2cc(C)cc(C)c21. The minimum atomic E-state index is -3.71. The Balaban J connectivity index is 2.00. The molecule has 0 aliphatic rings. The van der Waals surface area contributed by atoms with E-state index in [9.17, 15) is 18.0 Å². The molecule has 0 saturated carbocycles. The maximum Gasteiger partial charge on any atom is 0.326 e.